The number of unbranched alkanes of at least 4 members (excludes halogenated alkanes) is 14. The Kier molecular flexibility index (Phi) is 51.1. The Bertz CT molecular complexity index is 2360. The van der Waals surface area contributed by atoms with Gasteiger partial charge in [-0.25, -0.2) is 0 Å². The minimum atomic E-state index is -1.23. The molecule has 0 aliphatic carbocycles. The number of ether oxygens (including phenoxy) is 9. The van der Waals surface area contributed by atoms with Crippen LogP contribution in [0.2, 0.25) is 0 Å². The van der Waals surface area contributed by atoms with Crippen molar-refractivity contribution in [1.29, 1.82) is 0 Å². The van der Waals surface area contributed by atoms with Gasteiger partial charge < -0.3 is 109 Å². The summed E-state index contributed by atoms with van der Waals surface area (Å²) in [5.41, 5.74) is -1.07. The standard InChI is InChI=1S/C80H141N3O27/c1-55-46-64(92)48-83(55)70(95)34-18-10-8-6-5-7-9-13-32-63(91)47-80(52-102-43-35-61(89)28-16-11-14-26-59(87)30-19-22-40-105-77-56(2)71(96)74(99)65(49-84)108-77,53-103-44-36-62(90)29-17-12-15-27-60(88)31-20-23-41-106-78-57(3)72(97)75(100)66(50-85)109-78)54-104-45-37-69(94)82-39-25-38-81-68(93)33-21-24-42-107-79-58(4)73(98)76(101)67(51-86)110-79/h55-58,64-67,71-79,84-86,92,96-101H,5-54H2,1-4H3,(H,81,93)(H,82,94)/t55-,56?,57?,58?,64-,65?,66?,67?,71?,72?,73?,74?,75?,76?,77?,78?,79?,80?/m1/s1. The number of likely N-dealkylation sites (tertiary alicyclic amines) is 1. The summed E-state index contributed by atoms with van der Waals surface area (Å²) >= 11 is 0. The second kappa shape index (κ2) is 57.1. The minimum Gasteiger partial charge on any atom is -0.394 e. The van der Waals surface area contributed by atoms with Gasteiger partial charge in [-0.05, 0) is 96.8 Å². The number of aliphatic hydroxyl groups excluding tert-OH is 10. The molecule has 110 heavy (non-hydrogen) atoms. The van der Waals surface area contributed by atoms with Crippen LogP contribution in [0, 0.1) is 23.2 Å². The van der Waals surface area contributed by atoms with Crippen molar-refractivity contribution in [3.8, 4) is 0 Å². The normalized spacial score (nSPS) is 26.9. The molecule has 30 nitrogen and oxygen atoms in total. The number of carbonyl (C=O) groups excluding carboxylic acids is 8. The van der Waals surface area contributed by atoms with Crippen molar-refractivity contribution in [2.75, 3.05) is 98.9 Å². The Morgan fingerprint density at radius 3 is 1.04 bits per heavy atom. The number of amides is 3. The zero-order chi connectivity index (χ0) is 80.6. The molecule has 0 bridgehead atoms. The number of β-amino-alcohol motifs (C(OH)–C–C–N with tert-alkyl or cyclic N) is 1. The predicted molar refractivity (Wildman–Crippen MR) is 403 cm³/mol. The van der Waals surface area contributed by atoms with Crippen LogP contribution < -0.4 is 10.6 Å². The first-order chi connectivity index (χ1) is 52.8. The van der Waals surface area contributed by atoms with E-state index in [-0.39, 0.29) is 170 Å². The molecule has 30 heteroatoms. The molecule has 0 saturated carbocycles. The van der Waals surface area contributed by atoms with Gasteiger partial charge in [-0.2, -0.15) is 0 Å². The summed E-state index contributed by atoms with van der Waals surface area (Å²) < 4.78 is 52.8. The van der Waals surface area contributed by atoms with Gasteiger partial charge in [-0.3, -0.25) is 38.4 Å². The molecule has 0 aromatic rings. The molecular formula is C80H141N3O27. The number of aliphatic hydroxyl groups is 10. The number of nitrogens with zero attached hydrogens (tertiary/aromatic N) is 1. The molecule has 0 aromatic carbocycles. The monoisotopic (exact) mass is 1580 g/mol. The predicted octanol–water partition coefficient (Wildman–Crippen LogP) is 4.62. The first-order valence-corrected chi connectivity index (χ1v) is 41.4. The van der Waals surface area contributed by atoms with Crippen LogP contribution in [0.3, 0.4) is 0 Å². The average Bonchev–Trinajstić information content (AvgIpc) is 1.07. The topological polar surface area (TPSA) is 449 Å². The summed E-state index contributed by atoms with van der Waals surface area (Å²) in [6.45, 7) is 7.40. The number of ketones is 5. The maximum Gasteiger partial charge on any atom is 0.222 e. The van der Waals surface area contributed by atoms with E-state index in [1.807, 2.05) is 6.92 Å². The van der Waals surface area contributed by atoms with E-state index < -0.39 is 123 Å². The van der Waals surface area contributed by atoms with Crippen LogP contribution >= 0.6 is 0 Å². The number of Topliss-reactive ketones (excluding diaryl/α,β-unsaturated/α-hetero) is 5. The number of hydrogen-bond acceptors (Lipinski definition) is 27. The second-order valence-corrected chi connectivity index (χ2v) is 31.2. The van der Waals surface area contributed by atoms with Crippen LogP contribution in [-0.4, -0.2) is 287 Å². The van der Waals surface area contributed by atoms with E-state index in [0.717, 1.165) is 44.9 Å². The van der Waals surface area contributed by atoms with Gasteiger partial charge in [0.25, 0.3) is 0 Å². The molecular weight excluding hydrogens is 1430 g/mol. The lowest BCUT2D eigenvalue weighted by molar-refractivity contribution is -0.282. The number of carbonyl (C=O) groups is 8. The van der Waals surface area contributed by atoms with Crippen LogP contribution in [-0.2, 0) is 81.0 Å². The molecule has 17 atom stereocenters. The van der Waals surface area contributed by atoms with Crippen LogP contribution in [0.25, 0.3) is 0 Å². The quantitative estimate of drug-likeness (QED) is 0.0370. The fourth-order valence-corrected chi connectivity index (χ4v) is 14.3. The Balaban J connectivity index is 1.26. The van der Waals surface area contributed by atoms with E-state index in [2.05, 4.69) is 10.6 Å². The van der Waals surface area contributed by atoms with Crippen molar-refractivity contribution in [2.24, 2.45) is 23.2 Å². The molecule has 4 aliphatic heterocycles. The molecule has 4 saturated heterocycles. The van der Waals surface area contributed by atoms with Crippen molar-refractivity contribution >= 4 is 46.6 Å². The summed E-state index contributed by atoms with van der Waals surface area (Å²) in [5, 5.41) is 105. The highest BCUT2D eigenvalue weighted by Crippen LogP contribution is 2.32. The third-order valence-corrected chi connectivity index (χ3v) is 21.5. The molecule has 3 amide bonds. The van der Waals surface area contributed by atoms with E-state index in [9.17, 15) is 89.4 Å². The van der Waals surface area contributed by atoms with E-state index in [1.165, 1.54) is 0 Å². The van der Waals surface area contributed by atoms with E-state index in [1.54, 1.807) is 25.7 Å². The number of rotatable bonds is 65. The van der Waals surface area contributed by atoms with E-state index in [4.69, 9.17) is 42.6 Å². The van der Waals surface area contributed by atoms with E-state index >= 15 is 0 Å². The Labute approximate surface area is 652 Å². The Hall–Kier alpha value is -4.00. The molecule has 12 N–H and O–H groups in total. The molecule has 4 heterocycles. The molecule has 0 spiro atoms. The Morgan fingerprint density at radius 1 is 0.364 bits per heavy atom. The van der Waals surface area contributed by atoms with Gasteiger partial charge in [0.05, 0.1) is 83.9 Å². The number of hydrogen-bond donors (Lipinski definition) is 12. The fraction of sp³-hybridized carbons (Fsp3) is 0.900. The molecule has 4 aliphatic rings. The maximum atomic E-state index is 14.1. The zero-order valence-corrected chi connectivity index (χ0v) is 66.5. The van der Waals surface area contributed by atoms with Gasteiger partial charge in [-0.15, -0.1) is 0 Å². The lowest BCUT2D eigenvalue weighted by atomic mass is 9.83. The van der Waals surface area contributed by atoms with Gasteiger partial charge in [0.2, 0.25) is 17.7 Å². The van der Waals surface area contributed by atoms with Crippen LogP contribution in [0.15, 0.2) is 0 Å². The van der Waals surface area contributed by atoms with Crippen molar-refractivity contribution in [3.05, 3.63) is 0 Å². The van der Waals surface area contributed by atoms with Crippen LogP contribution in [0.5, 0.6) is 0 Å². The summed E-state index contributed by atoms with van der Waals surface area (Å²) in [6.07, 6.45) is 5.87. The molecule has 4 rings (SSSR count). The highest BCUT2D eigenvalue weighted by Gasteiger charge is 2.45. The summed E-state index contributed by atoms with van der Waals surface area (Å²) in [5.74, 6) is -1.80. The zero-order valence-electron chi connectivity index (χ0n) is 66.5. The second-order valence-electron chi connectivity index (χ2n) is 31.2. The molecule has 0 radical (unpaired) electrons. The summed E-state index contributed by atoms with van der Waals surface area (Å²) in [7, 11) is 0. The maximum absolute atomic E-state index is 14.1. The average molecular weight is 1580 g/mol. The van der Waals surface area contributed by atoms with Crippen LogP contribution in [0.1, 0.15) is 252 Å². The highest BCUT2D eigenvalue weighted by molar-refractivity contribution is 5.81. The molecule has 0 aromatic heterocycles. The van der Waals surface area contributed by atoms with Crippen LogP contribution in [0.4, 0.5) is 0 Å². The molecule has 4 fully saturated rings. The van der Waals surface area contributed by atoms with E-state index in [0.29, 0.717) is 142 Å². The summed E-state index contributed by atoms with van der Waals surface area (Å²) in [4.78, 5) is 106. The number of nitrogens with one attached hydrogen (secondary N) is 2. The van der Waals surface area contributed by atoms with Gasteiger partial charge in [0.15, 0.2) is 18.9 Å². The smallest absolute Gasteiger partial charge is 0.222 e. The molecule has 638 valence electrons. The van der Waals surface area contributed by atoms with Gasteiger partial charge in [0.1, 0.15) is 65.5 Å². The SMILES string of the molecule is CC1C(OCCCCC(=O)CCCCCC(=O)CCOCC(COCCC(=O)CCCCCC(=O)CCCCOC2OC(CO)C(O)C(O)C2C)(COCCC(=O)NCCCNC(=O)CCCCOC2OC(CO)C(O)C(O)C2C)CC(=O)CCCCCCCCCCC(=O)N2C[C@H](O)C[C@H]2C)OC(CO)C(O)C1O. The first kappa shape index (κ1) is 98.4. The third-order valence-electron chi connectivity index (χ3n) is 21.5. The lowest BCUT2D eigenvalue weighted by Gasteiger charge is -2.40. The van der Waals surface area contributed by atoms with Crippen molar-refractivity contribution in [2.45, 2.75) is 338 Å². The van der Waals surface area contributed by atoms with Crippen molar-refractivity contribution in [3.63, 3.8) is 0 Å². The van der Waals surface area contributed by atoms with Gasteiger partial charge in [-0.1, -0.05) is 72.1 Å². The van der Waals surface area contributed by atoms with Crippen molar-refractivity contribution < 1.29 is 132 Å². The largest absolute Gasteiger partial charge is 0.394 e. The van der Waals surface area contributed by atoms with Crippen molar-refractivity contribution in [1.82, 2.24) is 15.5 Å². The lowest BCUT2D eigenvalue weighted by Crippen LogP contribution is -2.55. The minimum absolute atomic E-state index is 0.000653. The third kappa shape index (κ3) is 39.1. The first-order valence-electron chi connectivity index (χ1n) is 41.4. The van der Waals surface area contributed by atoms with Gasteiger partial charge >= 0.3 is 0 Å². The Morgan fingerprint density at radius 2 is 0.673 bits per heavy atom. The molecule has 15 unspecified atom stereocenters. The highest BCUT2D eigenvalue weighted by atomic mass is 16.7. The fourth-order valence-electron chi connectivity index (χ4n) is 14.3. The summed E-state index contributed by atoms with van der Waals surface area (Å²) in [6, 6.07) is 0.0543. The van der Waals surface area contributed by atoms with Gasteiger partial charge in [0, 0.05) is 152 Å².